The summed E-state index contributed by atoms with van der Waals surface area (Å²) in [6.45, 7) is 7.91. The van der Waals surface area contributed by atoms with Crippen LogP contribution in [0, 0.1) is 11.8 Å². The topological polar surface area (TPSA) is 52.6 Å². The second-order valence-electron chi connectivity index (χ2n) is 7.41. The highest BCUT2D eigenvalue weighted by Crippen LogP contribution is 2.32. The van der Waals surface area contributed by atoms with Crippen molar-refractivity contribution in [3.05, 3.63) is 0 Å². The molecule has 23 heavy (non-hydrogen) atoms. The van der Waals surface area contributed by atoms with E-state index in [1.165, 1.54) is 6.42 Å². The minimum atomic E-state index is -0.136. The lowest BCUT2D eigenvalue weighted by Gasteiger charge is -2.36. The molecule has 1 saturated heterocycles. The highest BCUT2D eigenvalue weighted by atomic mass is 16.2. The molecule has 3 atom stereocenters. The second-order valence-corrected chi connectivity index (χ2v) is 7.41. The van der Waals surface area contributed by atoms with Crippen LogP contribution in [-0.2, 0) is 9.59 Å². The molecule has 5 nitrogen and oxygen atoms in total. The van der Waals surface area contributed by atoms with Crippen molar-refractivity contribution >= 4 is 11.7 Å². The van der Waals surface area contributed by atoms with Crippen molar-refractivity contribution in [1.82, 2.24) is 15.3 Å². The Bertz CT molecular complexity index is 424. The third-order valence-electron chi connectivity index (χ3n) is 5.62. The molecule has 0 radical (unpaired) electrons. The number of hydrazine groups is 1. The van der Waals surface area contributed by atoms with Gasteiger partial charge in [0.1, 0.15) is 5.78 Å². The van der Waals surface area contributed by atoms with Gasteiger partial charge in [-0.1, -0.05) is 12.8 Å². The van der Waals surface area contributed by atoms with Gasteiger partial charge in [0.2, 0.25) is 5.91 Å². The summed E-state index contributed by atoms with van der Waals surface area (Å²) in [6, 6.07) is 0.932. The van der Waals surface area contributed by atoms with Crippen molar-refractivity contribution in [2.24, 2.45) is 11.8 Å². The third kappa shape index (κ3) is 4.32. The van der Waals surface area contributed by atoms with E-state index in [0.29, 0.717) is 18.6 Å². The first kappa shape index (κ1) is 18.4. The van der Waals surface area contributed by atoms with Crippen LogP contribution in [0.5, 0.6) is 0 Å². The van der Waals surface area contributed by atoms with E-state index in [0.717, 1.165) is 38.6 Å². The van der Waals surface area contributed by atoms with Gasteiger partial charge in [0.15, 0.2) is 0 Å². The third-order valence-corrected chi connectivity index (χ3v) is 5.62. The van der Waals surface area contributed by atoms with E-state index in [1.54, 1.807) is 11.9 Å². The summed E-state index contributed by atoms with van der Waals surface area (Å²) in [6.07, 6.45) is 6.18. The van der Waals surface area contributed by atoms with E-state index in [4.69, 9.17) is 0 Å². The molecule has 1 heterocycles. The quantitative estimate of drug-likeness (QED) is 0.762. The molecule has 0 aromatic rings. The molecule has 1 saturated carbocycles. The molecule has 0 bridgehead atoms. The van der Waals surface area contributed by atoms with Crippen LogP contribution in [0.1, 0.15) is 59.3 Å². The second kappa shape index (κ2) is 8.25. The fourth-order valence-corrected chi connectivity index (χ4v) is 4.35. The number of carbonyl (C=O) groups is 2. The molecule has 0 spiro atoms. The van der Waals surface area contributed by atoms with Crippen molar-refractivity contribution in [1.29, 1.82) is 0 Å². The fourth-order valence-electron chi connectivity index (χ4n) is 4.35. The Morgan fingerprint density at radius 1 is 1.13 bits per heavy atom. The molecule has 1 aliphatic carbocycles. The zero-order valence-electron chi connectivity index (χ0n) is 15.2. The minimum Gasteiger partial charge on any atom is -0.300 e. The predicted octanol–water partition coefficient (Wildman–Crippen LogP) is 2.22. The standard InChI is InChI=1S/C18H33N3O2/c1-13(2)20-11-7-8-15(20)12-21(19-4)18(23)17-10-6-5-9-16(17)14(3)22/h13,15-17,19H,5-12H2,1-4H3. The van der Waals surface area contributed by atoms with Crippen LogP contribution in [0.3, 0.4) is 0 Å². The van der Waals surface area contributed by atoms with Crippen molar-refractivity contribution in [2.45, 2.75) is 71.4 Å². The molecule has 132 valence electrons. The number of nitrogens with one attached hydrogen (secondary N) is 1. The maximum absolute atomic E-state index is 13.0. The molecular weight excluding hydrogens is 290 g/mol. The smallest absolute Gasteiger partial charge is 0.240 e. The van der Waals surface area contributed by atoms with E-state index in [9.17, 15) is 9.59 Å². The lowest BCUT2D eigenvalue weighted by Crippen LogP contribution is -2.53. The van der Waals surface area contributed by atoms with Crippen LogP contribution in [-0.4, -0.2) is 53.8 Å². The Labute approximate surface area is 140 Å². The van der Waals surface area contributed by atoms with Crippen LogP contribution in [0.2, 0.25) is 0 Å². The maximum atomic E-state index is 13.0. The lowest BCUT2D eigenvalue weighted by molar-refractivity contribution is -0.145. The molecule has 3 unspecified atom stereocenters. The van der Waals surface area contributed by atoms with Gasteiger partial charge in [0.25, 0.3) is 0 Å². The van der Waals surface area contributed by atoms with Crippen LogP contribution in [0.15, 0.2) is 0 Å². The van der Waals surface area contributed by atoms with Crippen molar-refractivity contribution in [3.63, 3.8) is 0 Å². The average molecular weight is 323 g/mol. The number of hydrogen-bond donors (Lipinski definition) is 1. The van der Waals surface area contributed by atoms with Gasteiger partial charge in [-0.2, -0.15) is 0 Å². The number of likely N-dealkylation sites (tertiary alicyclic amines) is 1. The van der Waals surface area contributed by atoms with Crippen LogP contribution >= 0.6 is 0 Å². The van der Waals surface area contributed by atoms with E-state index >= 15 is 0 Å². The largest absolute Gasteiger partial charge is 0.300 e. The molecule has 5 heteroatoms. The Morgan fingerprint density at radius 3 is 2.35 bits per heavy atom. The van der Waals surface area contributed by atoms with Gasteiger partial charge in [0.05, 0.1) is 6.54 Å². The fraction of sp³-hybridized carbons (Fsp3) is 0.889. The molecule has 1 amide bonds. The van der Waals surface area contributed by atoms with E-state index in [1.807, 2.05) is 7.05 Å². The first-order valence-corrected chi connectivity index (χ1v) is 9.20. The molecule has 0 aromatic carbocycles. The summed E-state index contributed by atoms with van der Waals surface area (Å²) >= 11 is 0. The number of carbonyl (C=O) groups excluding carboxylic acids is 2. The number of ketones is 1. The summed E-state index contributed by atoms with van der Waals surface area (Å²) in [7, 11) is 1.82. The Balaban J connectivity index is 2.04. The average Bonchev–Trinajstić information content (AvgIpc) is 3.00. The minimum absolute atomic E-state index is 0.0862. The molecule has 2 aliphatic rings. The number of Topliss-reactive ketones (excluding diaryl/α,β-unsaturated/α-hetero) is 1. The molecule has 0 aromatic heterocycles. The van der Waals surface area contributed by atoms with Crippen molar-refractivity contribution in [2.75, 3.05) is 20.1 Å². The highest BCUT2D eigenvalue weighted by Gasteiger charge is 2.37. The summed E-state index contributed by atoms with van der Waals surface area (Å²) in [5, 5.41) is 1.78. The maximum Gasteiger partial charge on any atom is 0.240 e. The first-order valence-electron chi connectivity index (χ1n) is 9.20. The summed E-state index contributed by atoms with van der Waals surface area (Å²) in [5.41, 5.74) is 3.09. The first-order chi connectivity index (χ1) is 11.0. The number of nitrogens with zero attached hydrogens (tertiary/aromatic N) is 2. The summed E-state index contributed by atoms with van der Waals surface area (Å²) in [5.74, 6) is 0.0614. The molecular formula is C18H33N3O2. The highest BCUT2D eigenvalue weighted by molar-refractivity contribution is 5.87. The lowest BCUT2D eigenvalue weighted by atomic mass is 9.76. The molecule has 1 N–H and O–H groups in total. The van der Waals surface area contributed by atoms with Crippen molar-refractivity contribution in [3.8, 4) is 0 Å². The zero-order valence-corrected chi connectivity index (χ0v) is 15.2. The van der Waals surface area contributed by atoms with Gasteiger partial charge in [-0.05, 0) is 53.0 Å². The van der Waals surface area contributed by atoms with E-state index < -0.39 is 0 Å². The Hall–Kier alpha value is -0.940. The van der Waals surface area contributed by atoms with Gasteiger partial charge in [-0.15, -0.1) is 0 Å². The van der Waals surface area contributed by atoms with Crippen molar-refractivity contribution < 1.29 is 9.59 Å². The van der Waals surface area contributed by atoms with Crippen LogP contribution < -0.4 is 5.43 Å². The Morgan fingerprint density at radius 2 is 1.78 bits per heavy atom. The van der Waals surface area contributed by atoms with E-state index in [-0.39, 0.29) is 23.5 Å². The monoisotopic (exact) mass is 323 g/mol. The summed E-state index contributed by atoms with van der Waals surface area (Å²) < 4.78 is 0. The SMILES string of the molecule is CNN(CC1CCCN1C(C)C)C(=O)C1CCCCC1C(C)=O. The van der Waals surface area contributed by atoms with Crippen LogP contribution in [0.4, 0.5) is 0 Å². The number of amides is 1. The number of rotatable bonds is 6. The van der Waals surface area contributed by atoms with Gasteiger partial charge in [-0.25, -0.2) is 5.43 Å². The van der Waals surface area contributed by atoms with Gasteiger partial charge in [0, 0.05) is 31.0 Å². The van der Waals surface area contributed by atoms with Gasteiger partial charge >= 0.3 is 0 Å². The summed E-state index contributed by atoms with van der Waals surface area (Å²) in [4.78, 5) is 27.4. The van der Waals surface area contributed by atoms with Gasteiger partial charge < -0.3 is 0 Å². The molecule has 2 fully saturated rings. The predicted molar refractivity (Wildman–Crippen MR) is 91.8 cm³/mol. The molecule has 2 rings (SSSR count). The van der Waals surface area contributed by atoms with Crippen LogP contribution in [0.25, 0.3) is 0 Å². The zero-order chi connectivity index (χ0) is 17.0. The van der Waals surface area contributed by atoms with Gasteiger partial charge in [-0.3, -0.25) is 19.5 Å². The number of hydrogen-bond acceptors (Lipinski definition) is 4. The Kier molecular flexibility index (Phi) is 6.60. The molecule has 1 aliphatic heterocycles. The van der Waals surface area contributed by atoms with E-state index in [2.05, 4.69) is 24.2 Å². The normalized spacial score (nSPS) is 29.0.